The summed E-state index contributed by atoms with van der Waals surface area (Å²) in [5.41, 5.74) is 1.55. The van der Waals surface area contributed by atoms with Crippen molar-refractivity contribution in [2.75, 3.05) is 0 Å². The van der Waals surface area contributed by atoms with E-state index >= 15 is 0 Å². The smallest absolute Gasteiger partial charge is 0.176 e. The normalized spacial score (nSPS) is 12.2. The van der Waals surface area contributed by atoms with Gasteiger partial charge in [-0.05, 0) is 48.9 Å². The molecule has 0 aliphatic carbocycles. The van der Waals surface area contributed by atoms with Crippen LogP contribution in [0.15, 0.2) is 65.4 Å². The molecule has 4 nitrogen and oxygen atoms in total. The third-order valence-electron chi connectivity index (χ3n) is 4.56. The maximum Gasteiger partial charge on any atom is 0.176 e. The first-order chi connectivity index (χ1) is 14.0. The van der Waals surface area contributed by atoms with Crippen molar-refractivity contribution in [1.82, 2.24) is 10.1 Å². The third kappa shape index (κ3) is 3.64. The lowest BCUT2D eigenvalue weighted by Crippen LogP contribution is -2.03. The summed E-state index contributed by atoms with van der Waals surface area (Å²) < 4.78 is 34.7. The lowest BCUT2D eigenvalue weighted by Gasteiger charge is -2.13. The Labute approximate surface area is 170 Å². The highest BCUT2D eigenvalue weighted by Gasteiger charge is 2.29. The topological polar surface area (TPSA) is 59.2 Å². The fraction of sp³-hybridized carbons (Fsp3) is 0.0909. The fourth-order valence-corrected chi connectivity index (χ4v) is 3.29. The van der Waals surface area contributed by atoms with Gasteiger partial charge in [0.1, 0.15) is 23.4 Å². The van der Waals surface area contributed by atoms with Crippen LogP contribution in [0.5, 0.6) is 0 Å². The summed E-state index contributed by atoms with van der Waals surface area (Å²) in [6.07, 6.45) is 1.76. The Kier molecular flexibility index (Phi) is 5.13. The molecule has 0 spiro atoms. The Balaban J connectivity index is 1.96. The van der Waals surface area contributed by atoms with Gasteiger partial charge in [-0.3, -0.25) is 4.98 Å². The second-order valence-corrected chi connectivity index (χ2v) is 7.01. The van der Waals surface area contributed by atoms with Crippen LogP contribution >= 0.6 is 11.6 Å². The minimum atomic E-state index is -1.27. The Bertz CT molecular complexity index is 1110. The number of benzene rings is 2. The number of hydrogen-bond acceptors (Lipinski definition) is 4. The summed E-state index contributed by atoms with van der Waals surface area (Å²) in [5, 5.41) is 15.2. The monoisotopic (exact) mass is 412 g/mol. The van der Waals surface area contributed by atoms with Crippen molar-refractivity contribution in [2.45, 2.75) is 13.0 Å². The molecule has 2 heterocycles. The molecule has 0 aliphatic heterocycles. The van der Waals surface area contributed by atoms with E-state index in [9.17, 15) is 13.9 Å². The van der Waals surface area contributed by atoms with Crippen molar-refractivity contribution < 1.29 is 18.4 Å². The van der Waals surface area contributed by atoms with Crippen LogP contribution < -0.4 is 0 Å². The maximum atomic E-state index is 14.7. The molecule has 0 saturated carbocycles. The molecule has 0 amide bonds. The van der Waals surface area contributed by atoms with Crippen molar-refractivity contribution in [3.05, 3.63) is 94.3 Å². The number of hydrogen-bond donors (Lipinski definition) is 1. The predicted octanol–water partition coefficient (Wildman–Crippen LogP) is 5.73. The SMILES string of the molecule is Cc1ccc(-c2onc(-c3ccc(Cl)cc3F)c2C(O)c2cccnc2)c(F)c1. The molecule has 1 atom stereocenters. The number of nitrogens with zero attached hydrogens (tertiary/aromatic N) is 2. The number of pyridine rings is 1. The van der Waals surface area contributed by atoms with Gasteiger partial charge in [0, 0.05) is 28.5 Å². The van der Waals surface area contributed by atoms with Crippen LogP contribution in [-0.4, -0.2) is 15.2 Å². The average molecular weight is 413 g/mol. The van der Waals surface area contributed by atoms with Gasteiger partial charge in [-0.25, -0.2) is 8.78 Å². The Morgan fingerprint density at radius 2 is 1.79 bits per heavy atom. The molecule has 7 heteroatoms. The van der Waals surface area contributed by atoms with E-state index in [0.29, 0.717) is 5.56 Å². The van der Waals surface area contributed by atoms with Gasteiger partial charge in [0.2, 0.25) is 0 Å². The number of aromatic nitrogens is 2. The quantitative estimate of drug-likeness (QED) is 0.465. The number of aliphatic hydroxyl groups excluding tert-OH is 1. The molecule has 2 aromatic carbocycles. The van der Waals surface area contributed by atoms with Crippen LogP contribution in [0.3, 0.4) is 0 Å². The van der Waals surface area contributed by atoms with Crippen molar-refractivity contribution >= 4 is 11.6 Å². The highest BCUT2D eigenvalue weighted by molar-refractivity contribution is 6.30. The molecule has 2 aromatic heterocycles. The maximum absolute atomic E-state index is 14.7. The molecular weight excluding hydrogens is 398 g/mol. The Hall–Kier alpha value is -3.09. The lowest BCUT2D eigenvalue weighted by atomic mass is 9.94. The minimum absolute atomic E-state index is 0.0169. The van der Waals surface area contributed by atoms with E-state index in [-0.39, 0.29) is 33.2 Å². The zero-order chi connectivity index (χ0) is 20.5. The summed E-state index contributed by atoms with van der Waals surface area (Å²) in [6.45, 7) is 1.76. The minimum Gasteiger partial charge on any atom is -0.383 e. The van der Waals surface area contributed by atoms with E-state index < -0.39 is 17.7 Å². The second-order valence-electron chi connectivity index (χ2n) is 6.57. The van der Waals surface area contributed by atoms with Crippen molar-refractivity contribution in [2.24, 2.45) is 0 Å². The van der Waals surface area contributed by atoms with Gasteiger partial charge in [0.15, 0.2) is 5.76 Å². The Morgan fingerprint density at radius 1 is 1.03 bits per heavy atom. The fourth-order valence-electron chi connectivity index (χ4n) is 3.13. The molecule has 4 rings (SSSR count). The molecule has 1 N–H and O–H groups in total. The zero-order valence-corrected chi connectivity index (χ0v) is 16.0. The Morgan fingerprint density at radius 3 is 2.48 bits per heavy atom. The summed E-state index contributed by atoms with van der Waals surface area (Å²) in [4.78, 5) is 4.00. The standard InChI is InChI=1S/C22H15ClF2N2O2/c1-12-4-6-16(17(24)9-12)22-19(21(28)13-3-2-8-26-11-13)20(27-29-22)15-7-5-14(23)10-18(15)25/h2-11,21,28H,1H3. The first kappa shape index (κ1) is 19.2. The van der Waals surface area contributed by atoms with Gasteiger partial charge in [-0.1, -0.05) is 28.9 Å². The summed E-state index contributed by atoms with van der Waals surface area (Å²) >= 11 is 5.85. The van der Waals surface area contributed by atoms with Gasteiger partial charge >= 0.3 is 0 Å². The molecule has 0 bridgehead atoms. The van der Waals surface area contributed by atoms with Gasteiger partial charge in [-0.15, -0.1) is 0 Å². The predicted molar refractivity (Wildman–Crippen MR) is 105 cm³/mol. The first-order valence-corrected chi connectivity index (χ1v) is 9.13. The van der Waals surface area contributed by atoms with Crippen LogP contribution in [0.1, 0.15) is 22.8 Å². The van der Waals surface area contributed by atoms with Crippen molar-refractivity contribution in [3.63, 3.8) is 0 Å². The number of aryl methyl sites for hydroxylation is 1. The van der Waals surface area contributed by atoms with Crippen molar-refractivity contribution in [1.29, 1.82) is 0 Å². The van der Waals surface area contributed by atoms with Crippen LogP contribution in [0.25, 0.3) is 22.6 Å². The highest BCUT2D eigenvalue weighted by atomic mass is 35.5. The molecule has 29 heavy (non-hydrogen) atoms. The molecular formula is C22H15ClF2N2O2. The van der Waals surface area contributed by atoms with Gasteiger partial charge in [-0.2, -0.15) is 0 Å². The van der Waals surface area contributed by atoms with Crippen LogP contribution in [0.4, 0.5) is 8.78 Å². The highest BCUT2D eigenvalue weighted by Crippen LogP contribution is 2.40. The van der Waals surface area contributed by atoms with Crippen molar-refractivity contribution in [3.8, 4) is 22.6 Å². The molecule has 0 fully saturated rings. The average Bonchev–Trinajstić information content (AvgIpc) is 3.12. The van der Waals surface area contributed by atoms with E-state index in [1.54, 1.807) is 31.3 Å². The largest absolute Gasteiger partial charge is 0.383 e. The number of halogens is 3. The molecule has 4 aromatic rings. The summed E-state index contributed by atoms with van der Waals surface area (Å²) in [6, 6.07) is 12.0. The van der Waals surface area contributed by atoms with Gasteiger partial charge < -0.3 is 9.63 Å². The van der Waals surface area contributed by atoms with E-state index in [1.807, 2.05) is 0 Å². The van der Waals surface area contributed by atoms with E-state index in [1.165, 1.54) is 30.5 Å². The summed E-state index contributed by atoms with van der Waals surface area (Å²) in [5.74, 6) is -1.16. The third-order valence-corrected chi connectivity index (χ3v) is 4.79. The van der Waals surface area contributed by atoms with E-state index in [0.717, 1.165) is 11.6 Å². The van der Waals surface area contributed by atoms with E-state index in [4.69, 9.17) is 16.1 Å². The lowest BCUT2D eigenvalue weighted by molar-refractivity contribution is 0.220. The summed E-state index contributed by atoms with van der Waals surface area (Å²) in [7, 11) is 0. The molecule has 0 radical (unpaired) electrons. The first-order valence-electron chi connectivity index (χ1n) is 8.75. The zero-order valence-electron chi connectivity index (χ0n) is 15.2. The molecule has 0 aliphatic rings. The van der Waals surface area contributed by atoms with Crippen LogP contribution in [0.2, 0.25) is 5.02 Å². The van der Waals surface area contributed by atoms with E-state index in [2.05, 4.69) is 10.1 Å². The number of rotatable bonds is 4. The van der Waals surface area contributed by atoms with Crippen LogP contribution in [0, 0.1) is 18.6 Å². The molecule has 146 valence electrons. The van der Waals surface area contributed by atoms with Gasteiger partial charge in [0.25, 0.3) is 0 Å². The second kappa shape index (κ2) is 7.73. The van der Waals surface area contributed by atoms with Gasteiger partial charge in [0.05, 0.1) is 11.1 Å². The van der Waals surface area contributed by atoms with Crippen LogP contribution in [-0.2, 0) is 0 Å². The number of aliphatic hydroxyl groups is 1. The molecule has 1 unspecified atom stereocenters. The molecule has 0 saturated heterocycles.